The number of aliphatic hydroxyl groups is 1. The van der Waals surface area contributed by atoms with Crippen LogP contribution in [0.1, 0.15) is 36.0 Å². The van der Waals surface area contributed by atoms with Crippen molar-refractivity contribution < 1.29 is 9.90 Å². The first kappa shape index (κ1) is 12.9. The number of anilines is 1. The highest BCUT2D eigenvalue weighted by atomic mass is 16.3. The van der Waals surface area contributed by atoms with Crippen LogP contribution in [0.15, 0.2) is 24.3 Å². The maximum atomic E-state index is 11.9. The topological polar surface area (TPSA) is 75.4 Å². The van der Waals surface area contributed by atoms with Crippen LogP contribution < -0.4 is 11.1 Å². The van der Waals surface area contributed by atoms with Gasteiger partial charge in [0.15, 0.2) is 0 Å². The SMILES string of the molecule is Nc1ccccc1C(=O)NCC1CCCCC1O. The number of carbonyl (C=O) groups excluding carboxylic acids is 1. The number of nitrogen functional groups attached to an aromatic ring is 1. The maximum absolute atomic E-state index is 11.9. The number of nitrogens with two attached hydrogens (primary N) is 1. The summed E-state index contributed by atoms with van der Waals surface area (Å²) in [5.74, 6) is 0.0125. The third-order valence-electron chi connectivity index (χ3n) is 3.60. The van der Waals surface area contributed by atoms with Crippen LogP contribution in [0.25, 0.3) is 0 Å². The Kier molecular flexibility index (Phi) is 4.20. The molecule has 98 valence electrons. The number of hydrogen-bond acceptors (Lipinski definition) is 3. The summed E-state index contributed by atoms with van der Waals surface area (Å²) in [6.45, 7) is 0.522. The molecule has 4 heteroatoms. The minimum atomic E-state index is -0.285. The molecule has 1 aromatic rings. The molecule has 1 amide bonds. The van der Waals surface area contributed by atoms with Crippen molar-refractivity contribution in [1.29, 1.82) is 0 Å². The van der Waals surface area contributed by atoms with Crippen molar-refractivity contribution in [3.63, 3.8) is 0 Å². The lowest BCUT2D eigenvalue weighted by atomic mass is 9.86. The third-order valence-corrected chi connectivity index (χ3v) is 3.60. The van der Waals surface area contributed by atoms with Crippen molar-refractivity contribution in [2.45, 2.75) is 31.8 Å². The number of benzene rings is 1. The summed E-state index contributed by atoms with van der Waals surface area (Å²) >= 11 is 0. The van der Waals surface area contributed by atoms with E-state index in [2.05, 4.69) is 5.32 Å². The van der Waals surface area contributed by atoms with Gasteiger partial charge in [-0.1, -0.05) is 25.0 Å². The summed E-state index contributed by atoms with van der Waals surface area (Å²) in [5.41, 5.74) is 6.74. The highest BCUT2D eigenvalue weighted by Crippen LogP contribution is 2.23. The fourth-order valence-electron chi connectivity index (χ4n) is 2.45. The standard InChI is InChI=1S/C14H20N2O2/c15-12-7-3-2-6-11(12)14(18)16-9-10-5-1-4-8-13(10)17/h2-3,6-7,10,13,17H,1,4-5,8-9,15H2,(H,16,18). The van der Waals surface area contributed by atoms with Crippen LogP contribution in [-0.4, -0.2) is 23.7 Å². The van der Waals surface area contributed by atoms with Gasteiger partial charge in [-0.05, 0) is 25.0 Å². The molecule has 0 saturated heterocycles. The molecule has 0 bridgehead atoms. The molecule has 0 heterocycles. The van der Waals surface area contributed by atoms with Crippen molar-refractivity contribution in [3.05, 3.63) is 29.8 Å². The molecule has 1 aromatic carbocycles. The van der Waals surface area contributed by atoms with Crippen LogP contribution in [0.5, 0.6) is 0 Å². The summed E-state index contributed by atoms with van der Waals surface area (Å²) in [4.78, 5) is 11.9. The van der Waals surface area contributed by atoms with Gasteiger partial charge < -0.3 is 16.2 Å². The molecule has 18 heavy (non-hydrogen) atoms. The average Bonchev–Trinajstić information content (AvgIpc) is 2.38. The molecule has 2 unspecified atom stereocenters. The Morgan fingerprint density at radius 1 is 1.33 bits per heavy atom. The van der Waals surface area contributed by atoms with Crippen molar-refractivity contribution >= 4 is 11.6 Å². The number of carbonyl (C=O) groups is 1. The van der Waals surface area contributed by atoms with E-state index in [4.69, 9.17) is 5.73 Å². The molecule has 2 atom stereocenters. The fourth-order valence-corrected chi connectivity index (χ4v) is 2.45. The van der Waals surface area contributed by atoms with E-state index in [1.54, 1.807) is 24.3 Å². The monoisotopic (exact) mass is 248 g/mol. The Morgan fingerprint density at radius 3 is 2.78 bits per heavy atom. The van der Waals surface area contributed by atoms with Crippen molar-refractivity contribution in [3.8, 4) is 0 Å². The lowest BCUT2D eigenvalue weighted by Crippen LogP contribution is -2.36. The van der Waals surface area contributed by atoms with Gasteiger partial charge in [0.05, 0.1) is 11.7 Å². The van der Waals surface area contributed by atoms with E-state index in [1.165, 1.54) is 0 Å². The molecular formula is C14H20N2O2. The Morgan fingerprint density at radius 2 is 2.06 bits per heavy atom. The first-order valence-electron chi connectivity index (χ1n) is 6.49. The molecule has 1 aliphatic rings. The Hall–Kier alpha value is -1.55. The van der Waals surface area contributed by atoms with E-state index in [9.17, 15) is 9.90 Å². The number of hydrogen-bond donors (Lipinski definition) is 3. The Labute approximate surface area is 107 Å². The second kappa shape index (κ2) is 5.87. The van der Waals surface area contributed by atoms with Gasteiger partial charge in [0.1, 0.15) is 0 Å². The number of nitrogens with one attached hydrogen (secondary N) is 1. The second-order valence-corrected chi connectivity index (χ2v) is 4.91. The lowest BCUT2D eigenvalue weighted by molar-refractivity contribution is 0.0663. The van der Waals surface area contributed by atoms with Gasteiger partial charge in [0, 0.05) is 18.2 Å². The van der Waals surface area contributed by atoms with Gasteiger partial charge >= 0.3 is 0 Å². The van der Waals surface area contributed by atoms with E-state index in [0.29, 0.717) is 17.8 Å². The summed E-state index contributed by atoms with van der Waals surface area (Å²) in [7, 11) is 0. The predicted molar refractivity (Wildman–Crippen MR) is 71.2 cm³/mol. The number of para-hydroxylation sites is 1. The van der Waals surface area contributed by atoms with E-state index in [1.807, 2.05) is 0 Å². The van der Waals surface area contributed by atoms with Crippen LogP contribution in [0.3, 0.4) is 0 Å². The van der Waals surface area contributed by atoms with E-state index >= 15 is 0 Å². The highest BCUT2D eigenvalue weighted by molar-refractivity contribution is 5.99. The quantitative estimate of drug-likeness (QED) is 0.710. The van der Waals surface area contributed by atoms with Gasteiger partial charge in [-0.15, -0.1) is 0 Å². The second-order valence-electron chi connectivity index (χ2n) is 4.91. The molecule has 0 aliphatic heterocycles. The fraction of sp³-hybridized carbons (Fsp3) is 0.500. The molecule has 0 aromatic heterocycles. The molecule has 1 fully saturated rings. The summed E-state index contributed by atoms with van der Waals surface area (Å²) in [6.07, 6.45) is 3.74. The maximum Gasteiger partial charge on any atom is 0.253 e. The van der Waals surface area contributed by atoms with E-state index in [0.717, 1.165) is 25.7 Å². The summed E-state index contributed by atoms with van der Waals surface area (Å²) in [5, 5.41) is 12.7. The molecule has 0 spiro atoms. The highest BCUT2D eigenvalue weighted by Gasteiger charge is 2.23. The smallest absolute Gasteiger partial charge is 0.253 e. The van der Waals surface area contributed by atoms with E-state index in [-0.39, 0.29) is 17.9 Å². The summed E-state index contributed by atoms with van der Waals surface area (Å²) in [6, 6.07) is 7.02. The number of aliphatic hydroxyl groups excluding tert-OH is 1. The normalized spacial score (nSPS) is 23.6. The Bertz CT molecular complexity index is 420. The Balaban J connectivity index is 1.90. The van der Waals surface area contributed by atoms with Crippen LogP contribution in [0.2, 0.25) is 0 Å². The van der Waals surface area contributed by atoms with Crippen molar-refractivity contribution in [2.24, 2.45) is 5.92 Å². The minimum absolute atomic E-state index is 0.161. The number of amides is 1. The largest absolute Gasteiger partial charge is 0.398 e. The van der Waals surface area contributed by atoms with Gasteiger partial charge in [-0.3, -0.25) is 4.79 Å². The van der Waals surface area contributed by atoms with Gasteiger partial charge in [-0.25, -0.2) is 0 Å². The van der Waals surface area contributed by atoms with E-state index < -0.39 is 0 Å². The molecular weight excluding hydrogens is 228 g/mol. The molecule has 4 nitrogen and oxygen atoms in total. The van der Waals surface area contributed by atoms with Gasteiger partial charge in [0.2, 0.25) is 0 Å². The minimum Gasteiger partial charge on any atom is -0.398 e. The molecule has 1 aliphatic carbocycles. The molecule has 1 saturated carbocycles. The van der Waals surface area contributed by atoms with Crippen LogP contribution in [-0.2, 0) is 0 Å². The van der Waals surface area contributed by atoms with Crippen molar-refractivity contribution in [2.75, 3.05) is 12.3 Å². The van der Waals surface area contributed by atoms with Crippen molar-refractivity contribution in [1.82, 2.24) is 5.32 Å². The first-order chi connectivity index (χ1) is 8.68. The average molecular weight is 248 g/mol. The molecule has 2 rings (SSSR count). The van der Waals surface area contributed by atoms with Crippen LogP contribution in [0, 0.1) is 5.92 Å². The zero-order chi connectivity index (χ0) is 13.0. The van der Waals surface area contributed by atoms with Crippen LogP contribution >= 0.6 is 0 Å². The predicted octanol–water partition coefficient (Wildman–Crippen LogP) is 1.55. The molecule has 4 N–H and O–H groups in total. The van der Waals surface area contributed by atoms with Crippen LogP contribution in [0.4, 0.5) is 5.69 Å². The lowest BCUT2D eigenvalue weighted by Gasteiger charge is -2.27. The zero-order valence-corrected chi connectivity index (χ0v) is 10.4. The third kappa shape index (κ3) is 3.01. The molecule has 0 radical (unpaired) electrons. The number of rotatable bonds is 3. The summed E-state index contributed by atoms with van der Waals surface area (Å²) < 4.78 is 0. The zero-order valence-electron chi connectivity index (χ0n) is 10.4. The first-order valence-corrected chi connectivity index (χ1v) is 6.49. The van der Waals surface area contributed by atoms with Gasteiger partial charge in [-0.2, -0.15) is 0 Å². The van der Waals surface area contributed by atoms with Gasteiger partial charge in [0.25, 0.3) is 5.91 Å².